The van der Waals surface area contributed by atoms with Gasteiger partial charge in [-0.25, -0.2) is 8.42 Å². The van der Waals surface area contributed by atoms with Crippen molar-refractivity contribution < 1.29 is 13.0 Å². The van der Waals surface area contributed by atoms with Crippen LogP contribution >= 0.6 is 24.4 Å². The summed E-state index contributed by atoms with van der Waals surface area (Å²) in [7, 11) is -4.17. The smallest absolute Gasteiger partial charge is 0.319 e. The maximum absolute atomic E-state index is 13.5. The molecule has 0 bridgehead atoms. The average Bonchev–Trinajstić information content (AvgIpc) is 2.74. The third kappa shape index (κ3) is 4.04. The van der Waals surface area contributed by atoms with Crippen LogP contribution in [0.5, 0.6) is 0 Å². The van der Waals surface area contributed by atoms with E-state index in [1.165, 1.54) is 12.1 Å². The Morgan fingerprint density at radius 3 is 1.89 bits per heavy atom. The molecule has 0 saturated heterocycles. The number of sulfone groups is 1. The van der Waals surface area contributed by atoms with E-state index < -0.39 is 24.4 Å². The summed E-state index contributed by atoms with van der Waals surface area (Å²) in [4.78, 5) is 1.26. The standard InChI is InChI=1S/C21H17O3S4/c1-17(26-18-11-5-2-6-12-18)21(25,27(22)19-13-7-3-8-14-19)28(23,24)20-15-9-4-10-16-20/h2-16H,1H2. The van der Waals surface area contributed by atoms with Gasteiger partial charge in [-0.2, -0.15) is 0 Å². The van der Waals surface area contributed by atoms with Crippen molar-refractivity contribution in [1.29, 1.82) is 0 Å². The van der Waals surface area contributed by atoms with E-state index in [4.69, 9.17) is 12.6 Å². The van der Waals surface area contributed by atoms with E-state index in [9.17, 15) is 13.0 Å². The summed E-state index contributed by atoms with van der Waals surface area (Å²) in [5, 5.41) is 0. The van der Waals surface area contributed by atoms with E-state index in [2.05, 4.69) is 6.58 Å². The number of hydrogen-bond donors (Lipinski definition) is 0. The fourth-order valence-electron chi connectivity index (χ4n) is 2.50. The molecule has 0 N–H and O–H groups in total. The van der Waals surface area contributed by atoms with Crippen LogP contribution in [0, 0.1) is 0 Å². The van der Waals surface area contributed by atoms with Crippen molar-refractivity contribution in [2.45, 2.75) is 18.1 Å². The maximum atomic E-state index is 13.5. The van der Waals surface area contributed by atoms with Gasteiger partial charge in [0.25, 0.3) is 0 Å². The fourth-order valence-corrected chi connectivity index (χ4v) is 8.13. The normalized spacial score (nSPS) is 14.8. The van der Waals surface area contributed by atoms with Gasteiger partial charge in [0.05, 0.1) is 9.80 Å². The second kappa shape index (κ2) is 8.80. The van der Waals surface area contributed by atoms with Crippen LogP contribution in [0.25, 0.3) is 0 Å². The highest BCUT2D eigenvalue weighted by Gasteiger charge is 2.57. The molecule has 2 unspecified atom stereocenters. The summed E-state index contributed by atoms with van der Waals surface area (Å²) in [6, 6.07) is 25.4. The van der Waals surface area contributed by atoms with Gasteiger partial charge in [-0.1, -0.05) is 72.9 Å². The van der Waals surface area contributed by atoms with E-state index in [1.54, 1.807) is 48.5 Å². The Morgan fingerprint density at radius 1 is 0.893 bits per heavy atom. The second-order valence-electron chi connectivity index (χ2n) is 5.79. The van der Waals surface area contributed by atoms with Crippen LogP contribution in [0.3, 0.4) is 0 Å². The number of hydrogen-bond acceptors (Lipinski definition) is 4. The first-order chi connectivity index (χ1) is 13.4. The predicted molar refractivity (Wildman–Crippen MR) is 118 cm³/mol. The van der Waals surface area contributed by atoms with Crippen molar-refractivity contribution in [2.75, 3.05) is 0 Å². The molecule has 0 aliphatic carbocycles. The van der Waals surface area contributed by atoms with Crippen LogP contribution in [-0.4, -0.2) is 16.4 Å². The topological polar surface area (TPSA) is 57.2 Å². The highest BCUT2D eigenvalue weighted by Crippen LogP contribution is 2.49. The Balaban J connectivity index is 2.12. The molecule has 3 rings (SSSR count). The van der Waals surface area contributed by atoms with Crippen LogP contribution in [-0.2, 0) is 21.0 Å². The van der Waals surface area contributed by atoms with Crippen molar-refractivity contribution in [3.05, 3.63) is 102 Å². The molecule has 28 heavy (non-hydrogen) atoms. The highest BCUT2D eigenvalue weighted by atomic mass is 32.3. The summed E-state index contributed by atoms with van der Waals surface area (Å²) in [5.74, 6) is 0. The van der Waals surface area contributed by atoms with Crippen LogP contribution in [0.15, 0.2) is 117 Å². The number of rotatable bonds is 7. The molecule has 3 aromatic carbocycles. The minimum atomic E-state index is -4.17. The Bertz CT molecular complexity index is 1040. The first kappa shape index (κ1) is 21.1. The SMILES string of the molecule is C=C(Sc1ccccc1)C([S])([S+]([O-])c1ccccc1)S(=O)(=O)c1ccccc1. The average molecular weight is 446 g/mol. The van der Waals surface area contributed by atoms with Gasteiger partial charge in [0.15, 0.2) is 4.90 Å². The Hall–Kier alpha value is -1.64. The van der Waals surface area contributed by atoms with Gasteiger partial charge >= 0.3 is 3.41 Å². The molecule has 1 radical (unpaired) electrons. The minimum absolute atomic E-state index is 0.0177. The lowest BCUT2D eigenvalue weighted by atomic mass is 10.4. The molecule has 0 saturated carbocycles. The van der Waals surface area contributed by atoms with E-state index in [1.807, 2.05) is 30.3 Å². The maximum Gasteiger partial charge on any atom is 0.319 e. The molecule has 0 heterocycles. The lowest BCUT2D eigenvalue weighted by Gasteiger charge is -2.30. The van der Waals surface area contributed by atoms with Crippen molar-refractivity contribution in [3.8, 4) is 0 Å². The van der Waals surface area contributed by atoms with Gasteiger partial charge in [0.1, 0.15) is 0 Å². The molecule has 0 aliphatic heterocycles. The monoisotopic (exact) mass is 445 g/mol. The third-order valence-electron chi connectivity index (χ3n) is 3.93. The van der Waals surface area contributed by atoms with Crippen LogP contribution in [0.4, 0.5) is 0 Å². The first-order valence-corrected chi connectivity index (χ1v) is 12.1. The Kier molecular flexibility index (Phi) is 6.62. The van der Waals surface area contributed by atoms with E-state index in [0.717, 1.165) is 16.7 Å². The zero-order valence-corrected chi connectivity index (χ0v) is 18.0. The number of thioether (sulfide) groups is 1. The molecule has 0 amide bonds. The summed E-state index contributed by atoms with van der Waals surface area (Å²) < 4.78 is 38.4. The van der Waals surface area contributed by atoms with Gasteiger partial charge in [-0.15, -0.1) is 0 Å². The molecule has 2 atom stereocenters. The fraction of sp³-hybridized carbons (Fsp3) is 0.0476. The van der Waals surface area contributed by atoms with Gasteiger partial charge in [-0.3, -0.25) is 0 Å². The molecule has 0 spiro atoms. The molecule has 0 fully saturated rings. The van der Waals surface area contributed by atoms with Crippen molar-refractivity contribution in [2.24, 2.45) is 0 Å². The molecular weight excluding hydrogens is 428 g/mol. The van der Waals surface area contributed by atoms with Crippen molar-refractivity contribution in [3.63, 3.8) is 0 Å². The van der Waals surface area contributed by atoms with E-state index in [0.29, 0.717) is 4.90 Å². The van der Waals surface area contributed by atoms with Crippen molar-refractivity contribution >= 4 is 45.4 Å². The molecule has 3 aromatic rings. The van der Waals surface area contributed by atoms with Gasteiger partial charge in [0.2, 0.25) is 9.84 Å². The number of benzene rings is 3. The zero-order chi connectivity index (χ0) is 20.2. The minimum Gasteiger partial charge on any atom is -0.609 e. The summed E-state index contributed by atoms with van der Waals surface area (Å²) in [5.41, 5.74) is 0. The second-order valence-corrected chi connectivity index (χ2v) is 12.1. The van der Waals surface area contributed by atoms with Crippen LogP contribution in [0.2, 0.25) is 0 Å². The molecular formula is C21H17O3S4. The summed E-state index contributed by atoms with van der Waals surface area (Å²) in [6.45, 7) is 3.95. The quantitative estimate of drug-likeness (QED) is 0.360. The van der Waals surface area contributed by atoms with Gasteiger partial charge in [-0.05, 0) is 49.0 Å². The van der Waals surface area contributed by atoms with Crippen molar-refractivity contribution in [1.82, 2.24) is 0 Å². The van der Waals surface area contributed by atoms with E-state index in [-0.39, 0.29) is 9.80 Å². The van der Waals surface area contributed by atoms with Crippen LogP contribution in [0.1, 0.15) is 0 Å². The molecule has 7 heteroatoms. The first-order valence-electron chi connectivity index (χ1n) is 8.26. The molecule has 0 aliphatic rings. The molecule has 3 nitrogen and oxygen atoms in total. The Labute approximate surface area is 178 Å². The Morgan fingerprint density at radius 2 is 1.36 bits per heavy atom. The van der Waals surface area contributed by atoms with Gasteiger partial charge in [0, 0.05) is 16.1 Å². The van der Waals surface area contributed by atoms with Gasteiger partial charge < -0.3 is 4.55 Å². The zero-order valence-electron chi connectivity index (χ0n) is 14.7. The van der Waals surface area contributed by atoms with Crippen LogP contribution < -0.4 is 0 Å². The lowest BCUT2D eigenvalue weighted by Crippen LogP contribution is -2.42. The van der Waals surface area contributed by atoms with E-state index >= 15 is 0 Å². The summed E-state index contributed by atoms with van der Waals surface area (Å²) in [6.07, 6.45) is 0. The lowest BCUT2D eigenvalue weighted by molar-refractivity contribution is 0.576. The molecule has 0 aromatic heterocycles. The molecule has 143 valence electrons. The highest BCUT2D eigenvalue weighted by molar-refractivity contribution is 8.25. The summed E-state index contributed by atoms with van der Waals surface area (Å²) >= 11 is 4.71. The largest absolute Gasteiger partial charge is 0.609 e. The predicted octanol–water partition coefficient (Wildman–Crippen LogP) is 5.43. The third-order valence-corrected chi connectivity index (χ3v) is 11.1.